The Balaban J connectivity index is 1.28. The monoisotopic (exact) mass is 640 g/mol. The maximum Gasteiger partial charge on any atom is 0.265 e. The van der Waals surface area contributed by atoms with Crippen molar-refractivity contribution in [3.8, 4) is 28.5 Å². The van der Waals surface area contributed by atoms with E-state index in [-0.39, 0.29) is 35.7 Å². The Hall–Kier alpha value is -6.16. The Morgan fingerprint density at radius 3 is 2.46 bits per heavy atom. The number of hydrogen-bond donors (Lipinski definition) is 1. The average Bonchev–Trinajstić information content (AvgIpc) is 3.73. The molecule has 9 nitrogen and oxygen atoms in total. The van der Waals surface area contributed by atoms with Gasteiger partial charge in [0.05, 0.1) is 34.2 Å². The summed E-state index contributed by atoms with van der Waals surface area (Å²) in [6, 6.07) is 26.1. The number of ether oxygens (including phenoxy) is 2. The highest BCUT2D eigenvalue weighted by Crippen LogP contribution is 2.42. The minimum atomic E-state index is -0.691. The molecule has 8 rings (SSSR count). The fraction of sp³-hybridized carbons (Fsp3) is 0.132. The van der Waals surface area contributed by atoms with Crippen molar-refractivity contribution in [1.29, 1.82) is 0 Å². The van der Waals surface area contributed by atoms with Crippen molar-refractivity contribution in [2.24, 2.45) is 0 Å². The van der Waals surface area contributed by atoms with Gasteiger partial charge in [-0.25, -0.2) is 4.39 Å². The molecule has 0 aliphatic carbocycles. The summed E-state index contributed by atoms with van der Waals surface area (Å²) < 4.78 is 28.6. The summed E-state index contributed by atoms with van der Waals surface area (Å²) in [5.41, 5.74) is 5.02. The van der Waals surface area contributed by atoms with Gasteiger partial charge in [0.2, 0.25) is 6.79 Å². The Kier molecular flexibility index (Phi) is 7.05. The van der Waals surface area contributed by atoms with Crippen molar-refractivity contribution in [1.82, 2.24) is 14.3 Å². The second-order valence-corrected chi connectivity index (χ2v) is 11.9. The molecule has 2 aliphatic heterocycles. The molecule has 0 unspecified atom stereocenters. The molecular formula is C38H29FN4O5. The smallest absolute Gasteiger partial charge is 0.265 e. The minimum Gasteiger partial charge on any atom is -0.508 e. The van der Waals surface area contributed by atoms with Gasteiger partial charge in [-0.1, -0.05) is 30.3 Å². The fourth-order valence-corrected chi connectivity index (χ4v) is 6.60. The van der Waals surface area contributed by atoms with E-state index in [1.165, 1.54) is 34.9 Å². The summed E-state index contributed by atoms with van der Waals surface area (Å²) >= 11 is 0. The number of fused-ring (bicyclic) bond motifs is 3. The second-order valence-electron chi connectivity index (χ2n) is 11.9. The number of pyridine rings is 2. The zero-order valence-corrected chi connectivity index (χ0v) is 25.8. The minimum absolute atomic E-state index is 0.00386. The van der Waals surface area contributed by atoms with Crippen LogP contribution in [-0.4, -0.2) is 44.0 Å². The van der Waals surface area contributed by atoms with Crippen LogP contribution in [0.3, 0.4) is 0 Å². The molecule has 1 N–H and O–H groups in total. The predicted molar refractivity (Wildman–Crippen MR) is 177 cm³/mol. The van der Waals surface area contributed by atoms with E-state index in [0.717, 1.165) is 18.2 Å². The highest BCUT2D eigenvalue weighted by molar-refractivity contribution is 6.16. The van der Waals surface area contributed by atoms with Crippen molar-refractivity contribution < 1.29 is 28.6 Å². The third-order valence-electron chi connectivity index (χ3n) is 9.00. The molecule has 10 heteroatoms. The molecule has 2 amide bonds. The number of carbonyl (C=O) groups is 2. The fourth-order valence-electron chi connectivity index (χ4n) is 6.60. The first kappa shape index (κ1) is 29.3. The van der Waals surface area contributed by atoms with E-state index in [0.29, 0.717) is 46.1 Å². The number of amides is 2. The van der Waals surface area contributed by atoms with Crippen LogP contribution in [0, 0.1) is 5.82 Å². The van der Waals surface area contributed by atoms with E-state index < -0.39 is 11.7 Å². The summed E-state index contributed by atoms with van der Waals surface area (Å²) in [7, 11) is 0. The number of halogens is 1. The average molecular weight is 641 g/mol. The topological polar surface area (TPSA) is 96.6 Å². The van der Waals surface area contributed by atoms with Gasteiger partial charge in [0.15, 0.2) is 17.3 Å². The van der Waals surface area contributed by atoms with Crippen LogP contribution >= 0.6 is 0 Å². The highest BCUT2D eigenvalue weighted by atomic mass is 19.1. The number of carbonyl (C=O) groups excluding carboxylic acids is 2. The molecule has 0 bridgehead atoms. The van der Waals surface area contributed by atoms with Crippen LogP contribution in [-0.2, 0) is 13.0 Å². The molecule has 0 saturated heterocycles. The van der Waals surface area contributed by atoms with E-state index in [1.807, 2.05) is 52.8 Å². The molecule has 3 aromatic carbocycles. The van der Waals surface area contributed by atoms with Crippen molar-refractivity contribution in [2.75, 3.05) is 11.7 Å². The molecule has 238 valence electrons. The van der Waals surface area contributed by atoms with Gasteiger partial charge in [0.1, 0.15) is 5.75 Å². The van der Waals surface area contributed by atoms with Crippen LogP contribution in [0.1, 0.15) is 38.8 Å². The Morgan fingerprint density at radius 1 is 0.917 bits per heavy atom. The van der Waals surface area contributed by atoms with E-state index in [4.69, 9.17) is 9.47 Å². The lowest BCUT2D eigenvalue weighted by molar-refractivity contribution is 0.0658. The van der Waals surface area contributed by atoms with Crippen LogP contribution in [0.5, 0.6) is 17.2 Å². The standard InChI is InChI=1S/C38H29FN4O5/c1-23-16-24-6-2-3-7-25(24)21-42(23)37(45)29-19-36-35(47-22-48-36)18-28(29)34-17-30(32-8-4-5-15-41(32)34)38(46)43(26-9-11-27(44)12-10-26)33-13-14-40-20-31(33)39/h2-15,17-20,23,44H,16,21-22H2,1H3/t23-/m1/s1. The molecule has 0 saturated carbocycles. The molecule has 3 aromatic heterocycles. The van der Waals surface area contributed by atoms with Crippen LogP contribution in [0.2, 0.25) is 0 Å². The van der Waals surface area contributed by atoms with Crippen LogP contribution in [0.15, 0.2) is 110 Å². The van der Waals surface area contributed by atoms with Crippen LogP contribution in [0.4, 0.5) is 15.8 Å². The van der Waals surface area contributed by atoms with Crippen LogP contribution in [0.25, 0.3) is 16.8 Å². The molecule has 1 atom stereocenters. The first-order valence-corrected chi connectivity index (χ1v) is 15.5. The lowest BCUT2D eigenvalue weighted by Gasteiger charge is -2.35. The molecule has 0 radical (unpaired) electrons. The number of rotatable bonds is 5. The number of phenols is 1. The van der Waals surface area contributed by atoms with Crippen molar-refractivity contribution in [2.45, 2.75) is 25.9 Å². The molecule has 2 aliphatic rings. The Bertz CT molecular complexity index is 2230. The summed E-state index contributed by atoms with van der Waals surface area (Å²) in [4.78, 5) is 36.1. The summed E-state index contributed by atoms with van der Waals surface area (Å²) in [6.07, 6.45) is 5.00. The number of aromatic nitrogens is 2. The van der Waals surface area contributed by atoms with Crippen molar-refractivity contribution >= 4 is 28.7 Å². The maximum absolute atomic E-state index is 15.3. The predicted octanol–water partition coefficient (Wildman–Crippen LogP) is 7.14. The van der Waals surface area contributed by atoms with E-state index in [2.05, 4.69) is 11.1 Å². The first-order chi connectivity index (χ1) is 23.4. The third kappa shape index (κ3) is 4.89. The zero-order valence-electron chi connectivity index (χ0n) is 25.8. The van der Waals surface area contributed by atoms with Crippen LogP contribution < -0.4 is 14.4 Å². The van der Waals surface area contributed by atoms with Crippen molar-refractivity contribution in [3.05, 3.63) is 138 Å². The van der Waals surface area contributed by atoms with Gasteiger partial charge in [-0.2, -0.15) is 0 Å². The normalized spacial score (nSPS) is 15.0. The van der Waals surface area contributed by atoms with Crippen molar-refractivity contribution in [3.63, 3.8) is 0 Å². The SMILES string of the molecule is C[C@@H]1Cc2ccccc2CN1C(=O)c1cc2c(cc1-c1cc(C(=O)N(c3ccc(O)cc3)c3ccncc3F)c3ccccn13)OCO2. The van der Waals surface area contributed by atoms with Gasteiger partial charge in [0, 0.05) is 36.2 Å². The number of benzene rings is 3. The van der Waals surface area contributed by atoms with Gasteiger partial charge >= 0.3 is 0 Å². The number of hydrogen-bond acceptors (Lipinski definition) is 6. The first-order valence-electron chi connectivity index (χ1n) is 15.5. The Labute approximate surface area is 275 Å². The largest absolute Gasteiger partial charge is 0.508 e. The third-order valence-corrected chi connectivity index (χ3v) is 9.00. The molecule has 6 aromatic rings. The van der Waals surface area contributed by atoms with E-state index >= 15 is 4.39 Å². The quantitative estimate of drug-likeness (QED) is 0.215. The number of anilines is 2. The van der Waals surface area contributed by atoms with Gasteiger partial charge in [-0.3, -0.25) is 19.5 Å². The Morgan fingerprint density at radius 2 is 1.67 bits per heavy atom. The lowest BCUT2D eigenvalue weighted by Crippen LogP contribution is -2.42. The van der Waals surface area contributed by atoms with Gasteiger partial charge < -0.3 is 23.9 Å². The summed E-state index contributed by atoms with van der Waals surface area (Å²) in [5, 5.41) is 9.95. The highest BCUT2D eigenvalue weighted by Gasteiger charge is 2.33. The second kappa shape index (κ2) is 11.6. The maximum atomic E-state index is 15.3. The lowest BCUT2D eigenvalue weighted by atomic mass is 9.93. The summed E-state index contributed by atoms with van der Waals surface area (Å²) in [5.74, 6) is -0.421. The molecule has 48 heavy (non-hydrogen) atoms. The summed E-state index contributed by atoms with van der Waals surface area (Å²) in [6.45, 7) is 2.53. The van der Waals surface area contributed by atoms with E-state index in [9.17, 15) is 14.7 Å². The van der Waals surface area contributed by atoms with Gasteiger partial charge in [-0.05, 0) is 85.1 Å². The molecular weight excluding hydrogens is 611 g/mol. The molecule has 0 fully saturated rings. The number of phenolic OH excluding ortho intramolecular Hbond substituents is 1. The number of nitrogens with zero attached hydrogens (tertiary/aromatic N) is 4. The van der Waals surface area contributed by atoms with Gasteiger partial charge in [-0.15, -0.1) is 0 Å². The number of aromatic hydroxyl groups is 1. The van der Waals surface area contributed by atoms with Gasteiger partial charge in [0.25, 0.3) is 11.8 Å². The van der Waals surface area contributed by atoms with E-state index in [1.54, 1.807) is 36.4 Å². The zero-order chi connectivity index (χ0) is 32.9. The molecule has 5 heterocycles. The molecule has 0 spiro atoms.